The second-order valence-electron chi connectivity index (χ2n) is 4.93. The highest BCUT2D eigenvalue weighted by Gasteiger charge is 2.31. The SMILES string of the molecule is CN(C(=O)Cc1ccccc1)c1cc(N)cc(C(F)(F)F)c1. The zero-order valence-corrected chi connectivity index (χ0v) is 11.9. The molecule has 1 amide bonds. The van der Waals surface area contributed by atoms with E-state index in [-0.39, 0.29) is 23.7 Å². The predicted octanol–water partition coefficient (Wildman–Crippen LogP) is 3.49. The van der Waals surface area contributed by atoms with Crippen LogP contribution in [0.25, 0.3) is 0 Å². The number of hydrogen-bond donors (Lipinski definition) is 1. The van der Waals surface area contributed by atoms with Crippen LogP contribution in [0.4, 0.5) is 24.5 Å². The maximum absolute atomic E-state index is 12.8. The normalized spacial score (nSPS) is 11.3. The Kier molecular flexibility index (Phi) is 4.40. The maximum atomic E-state index is 12.8. The number of alkyl halides is 3. The zero-order chi connectivity index (χ0) is 16.3. The van der Waals surface area contributed by atoms with Gasteiger partial charge in [-0.25, -0.2) is 0 Å². The minimum atomic E-state index is -4.51. The van der Waals surface area contributed by atoms with E-state index in [1.807, 2.05) is 6.07 Å². The topological polar surface area (TPSA) is 46.3 Å². The molecule has 0 spiro atoms. The third-order valence-electron chi connectivity index (χ3n) is 3.23. The Hall–Kier alpha value is -2.50. The van der Waals surface area contributed by atoms with Crippen molar-refractivity contribution >= 4 is 17.3 Å². The summed E-state index contributed by atoms with van der Waals surface area (Å²) in [7, 11) is 1.43. The molecule has 0 fully saturated rings. The van der Waals surface area contributed by atoms with Crippen molar-refractivity contribution in [3.63, 3.8) is 0 Å². The molecule has 3 nitrogen and oxygen atoms in total. The molecule has 0 heterocycles. The van der Waals surface area contributed by atoms with Gasteiger partial charge in [0.05, 0.1) is 12.0 Å². The third-order valence-corrected chi connectivity index (χ3v) is 3.23. The number of carbonyl (C=O) groups excluding carboxylic acids is 1. The third kappa shape index (κ3) is 3.78. The monoisotopic (exact) mass is 308 g/mol. The van der Waals surface area contributed by atoms with Gasteiger partial charge in [-0.2, -0.15) is 13.2 Å². The van der Waals surface area contributed by atoms with Gasteiger partial charge in [0, 0.05) is 18.4 Å². The van der Waals surface area contributed by atoms with Crippen molar-refractivity contribution in [1.29, 1.82) is 0 Å². The van der Waals surface area contributed by atoms with Crippen molar-refractivity contribution in [2.24, 2.45) is 0 Å². The summed E-state index contributed by atoms with van der Waals surface area (Å²) < 4.78 is 38.4. The van der Waals surface area contributed by atoms with Crippen LogP contribution in [0.5, 0.6) is 0 Å². The van der Waals surface area contributed by atoms with Crippen molar-refractivity contribution in [3.8, 4) is 0 Å². The van der Waals surface area contributed by atoms with Gasteiger partial charge in [0.2, 0.25) is 5.91 Å². The molecular weight excluding hydrogens is 293 g/mol. The highest BCUT2D eigenvalue weighted by molar-refractivity contribution is 5.94. The average Bonchev–Trinajstić information content (AvgIpc) is 2.46. The fourth-order valence-corrected chi connectivity index (χ4v) is 2.03. The summed E-state index contributed by atoms with van der Waals surface area (Å²) in [5.41, 5.74) is 5.51. The lowest BCUT2D eigenvalue weighted by Crippen LogP contribution is -2.28. The van der Waals surface area contributed by atoms with E-state index >= 15 is 0 Å². The van der Waals surface area contributed by atoms with Gasteiger partial charge < -0.3 is 10.6 Å². The molecular formula is C16H15F3N2O. The molecule has 0 radical (unpaired) electrons. The Morgan fingerprint density at radius 3 is 2.36 bits per heavy atom. The lowest BCUT2D eigenvalue weighted by Gasteiger charge is -2.19. The number of nitrogen functional groups attached to an aromatic ring is 1. The first-order valence-electron chi connectivity index (χ1n) is 6.55. The first kappa shape index (κ1) is 15.9. The Labute approximate surface area is 126 Å². The number of benzene rings is 2. The molecule has 0 bridgehead atoms. The second-order valence-corrected chi connectivity index (χ2v) is 4.93. The molecule has 2 aromatic rings. The maximum Gasteiger partial charge on any atom is 0.416 e. The fourth-order valence-electron chi connectivity index (χ4n) is 2.03. The van der Waals surface area contributed by atoms with E-state index in [0.29, 0.717) is 0 Å². The molecule has 2 rings (SSSR count). The summed E-state index contributed by atoms with van der Waals surface area (Å²) in [6.07, 6.45) is -4.40. The number of amides is 1. The van der Waals surface area contributed by atoms with Gasteiger partial charge in [-0.05, 0) is 23.8 Å². The summed E-state index contributed by atoms with van der Waals surface area (Å²) in [6.45, 7) is 0. The van der Waals surface area contributed by atoms with Gasteiger partial charge >= 0.3 is 6.18 Å². The fraction of sp³-hybridized carbons (Fsp3) is 0.188. The summed E-state index contributed by atoms with van der Waals surface area (Å²) >= 11 is 0. The van der Waals surface area contributed by atoms with Crippen LogP contribution in [0.2, 0.25) is 0 Å². The number of likely N-dealkylation sites (N-methyl/N-ethyl adjacent to an activating group) is 1. The molecule has 0 aliphatic heterocycles. The first-order chi connectivity index (χ1) is 10.3. The number of rotatable bonds is 3. The van der Waals surface area contributed by atoms with Crippen LogP contribution in [0.3, 0.4) is 0 Å². The van der Waals surface area contributed by atoms with Gasteiger partial charge in [0.15, 0.2) is 0 Å². The van der Waals surface area contributed by atoms with Crippen LogP contribution < -0.4 is 10.6 Å². The Balaban J connectivity index is 2.23. The smallest absolute Gasteiger partial charge is 0.399 e. The van der Waals surface area contributed by atoms with E-state index in [0.717, 1.165) is 17.7 Å². The largest absolute Gasteiger partial charge is 0.416 e. The number of hydrogen-bond acceptors (Lipinski definition) is 2. The first-order valence-corrected chi connectivity index (χ1v) is 6.55. The average molecular weight is 308 g/mol. The van der Waals surface area contributed by atoms with E-state index in [1.165, 1.54) is 18.0 Å². The molecule has 0 saturated carbocycles. The highest BCUT2D eigenvalue weighted by Crippen LogP contribution is 2.33. The molecule has 22 heavy (non-hydrogen) atoms. The molecule has 0 aliphatic carbocycles. The van der Waals surface area contributed by atoms with Crippen molar-refractivity contribution < 1.29 is 18.0 Å². The lowest BCUT2D eigenvalue weighted by molar-refractivity contribution is -0.137. The summed E-state index contributed by atoms with van der Waals surface area (Å²) in [5, 5.41) is 0. The van der Waals surface area contributed by atoms with E-state index in [1.54, 1.807) is 24.3 Å². The van der Waals surface area contributed by atoms with Crippen molar-refractivity contribution in [2.45, 2.75) is 12.6 Å². The van der Waals surface area contributed by atoms with Gasteiger partial charge in [0.1, 0.15) is 0 Å². The van der Waals surface area contributed by atoms with E-state index in [9.17, 15) is 18.0 Å². The summed E-state index contributed by atoms with van der Waals surface area (Å²) in [5.74, 6) is -0.315. The number of nitrogens with two attached hydrogens (primary N) is 1. The quantitative estimate of drug-likeness (QED) is 0.882. The number of anilines is 2. The highest BCUT2D eigenvalue weighted by atomic mass is 19.4. The molecule has 0 aliphatic rings. The van der Waals surface area contributed by atoms with Crippen LogP contribution in [-0.4, -0.2) is 13.0 Å². The molecule has 0 aromatic heterocycles. The zero-order valence-electron chi connectivity index (χ0n) is 11.9. The second kappa shape index (κ2) is 6.09. The molecule has 6 heteroatoms. The van der Waals surface area contributed by atoms with Crippen molar-refractivity contribution in [2.75, 3.05) is 17.7 Å². The van der Waals surface area contributed by atoms with Crippen molar-refractivity contribution in [3.05, 3.63) is 59.7 Å². The molecule has 2 aromatic carbocycles. The molecule has 0 saturated heterocycles. The van der Waals surface area contributed by atoms with Crippen LogP contribution in [0.15, 0.2) is 48.5 Å². The lowest BCUT2D eigenvalue weighted by atomic mass is 10.1. The molecule has 0 unspecified atom stereocenters. The van der Waals surface area contributed by atoms with E-state index < -0.39 is 11.7 Å². The van der Waals surface area contributed by atoms with Crippen LogP contribution in [-0.2, 0) is 17.4 Å². The van der Waals surface area contributed by atoms with Gasteiger partial charge in [0.25, 0.3) is 0 Å². The van der Waals surface area contributed by atoms with E-state index in [4.69, 9.17) is 5.73 Å². The number of nitrogens with zero attached hydrogens (tertiary/aromatic N) is 1. The minimum absolute atomic E-state index is 0.0378. The predicted molar refractivity (Wildman–Crippen MR) is 79.4 cm³/mol. The van der Waals surface area contributed by atoms with Crippen LogP contribution in [0.1, 0.15) is 11.1 Å². The minimum Gasteiger partial charge on any atom is -0.399 e. The summed E-state index contributed by atoms with van der Waals surface area (Å²) in [4.78, 5) is 13.4. The van der Waals surface area contributed by atoms with E-state index in [2.05, 4.69) is 0 Å². The Morgan fingerprint density at radius 1 is 1.14 bits per heavy atom. The van der Waals surface area contributed by atoms with Crippen molar-refractivity contribution in [1.82, 2.24) is 0 Å². The molecule has 2 N–H and O–H groups in total. The van der Waals surface area contributed by atoms with Gasteiger partial charge in [-0.15, -0.1) is 0 Å². The Bertz CT molecular complexity index is 669. The van der Waals surface area contributed by atoms with Gasteiger partial charge in [-0.1, -0.05) is 30.3 Å². The number of carbonyl (C=O) groups is 1. The van der Waals surface area contributed by atoms with Crippen LogP contribution in [0, 0.1) is 0 Å². The molecule has 0 atom stereocenters. The van der Waals surface area contributed by atoms with Crippen LogP contribution >= 0.6 is 0 Å². The van der Waals surface area contributed by atoms with Gasteiger partial charge in [-0.3, -0.25) is 4.79 Å². The standard InChI is InChI=1S/C16H15F3N2O/c1-21(15(22)7-11-5-3-2-4-6-11)14-9-12(16(17,18)19)8-13(20)10-14/h2-6,8-10H,7,20H2,1H3. The number of halogens is 3. The molecule has 116 valence electrons. The summed E-state index contributed by atoms with van der Waals surface area (Å²) in [6, 6.07) is 12.1. The Morgan fingerprint density at radius 2 is 1.77 bits per heavy atom.